The van der Waals surface area contributed by atoms with Gasteiger partial charge in [-0.2, -0.15) is 13.2 Å². The zero-order chi connectivity index (χ0) is 32.1. The molecular formula is C29H29ClF3NO9S. The van der Waals surface area contributed by atoms with Crippen LogP contribution in [-0.4, -0.2) is 48.1 Å². The summed E-state index contributed by atoms with van der Waals surface area (Å²) in [4.78, 5) is 12.5. The van der Waals surface area contributed by atoms with Gasteiger partial charge in [0.1, 0.15) is 17.1 Å². The second-order valence-corrected chi connectivity index (χ2v) is 11.4. The number of hydrogen-bond donors (Lipinski definition) is 1. The number of alkyl halides is 3. The van der Waals surface area contributed by atoms with Crippen molar-refractivity contribution < 1.29 is 54.8 Å². The van der Waals surface area contributed by atoms with Crippen LogP contribution >= 0.6 is 11.6 Å². The van der Waals surface area contributed by atoms with E-state index in [1.807, 2.05) is 0 Å². The van der Waals surface area contributed by atoms with E-state index in [1.165, 1.54) is 19.2 Å². The minimum Gasteiger partial charge on any atom is -0.497 e. The first-order valence-corrected chi connectivity index (χ1v) is 15.2. The molecule has 1 fully saturated rings. The minimum atomic E-state index is -4.67. The molecule has 0 aliphatic carbocycles. The van der Waals surface area contributed by atoms with Crippen molar-refractivity contribution in [3.63, 3.8) is 0 Å². The molecule has 1 saturated heterocycles. The molecule has 0 aromatic heterocycles. The number of carbonyl (C=O) groups excluding carboxylic acids is 1. The van der Waals surface area contributed by atoms with E-state index < -0.39 is 38.9 Å². The fourth-order valence-corrected chi connectivity index (χ4v) is 5.42. The van der Waals surface area contributed by atoms with Gasteiger partial charge in [-0.15, -0.1) is 0 Å². The molecule has 0 bridgehead atoms. The Hall–Kier alpha value is -3.88. The smallest absolute Gasteiger partial charge is 0.416 e. The van der Waals surface area contributed by atoms with Crippen molar-refractivity contribution in [2.75, 3.05) is 32.2 Å². The molecule has 4 rings (SSSR count). The zero-order valence-electron chi connectivity index (χ0n) is 23.8. The van der Waals surface area contributed by atoms with E-state index in [4.69, 9.17) is 40.0 Å². The predicted octanol–water partition coefficient (Wildman–Crippen LogP) is 7.05. The monoisotopic (exact) mass is 659 g/mol. The van der Waals surface area contributed by atoms with Crippen LogP contribution in [0.2, 0.25) is 5.02 Å². The summed E-state index contributed by atoms with van der Waals surface area (Å²) in [7, 11) is -2.02. The first-order chi connectivity index (χ1) is 20.9. The second kappa shape index (κ2) is 13.8. The van der Waals surface area contributed by atoms with Crippen molar-refractivity contribution in [2.24, 2.45) is 0 Å². The maximum absolute atomic E-state index is 13.5. The molecule has 1 atom stereocenters. The van der Waals surface area contributed by atoms with Gasteiger partial charge in [0.15, 0.2) is 17.8 Å². The first-order valence-electron chi connectivity index (χ1n) is 13.3. The van der Waals surface area contributed by atoms with Gasteiger partial charge in [0.25, 0.3) is 10.0 Å². The van der Waals surface area contributed by atoms with Crippen LogP contribution in [0.15, 0.2) is 53.4 Å². The van der Waals surface area contributed by atoms with Crippen molar-refractivity contribution in [3.05, 3.63) is 64.7 Å². The van der Waals surface area contributed by atoms with E-state index in [9.17, 15) is 26.4 Å². The molecule has 1 unspecified atom stereocenters. The Morgan fingerprint density at radius 1 is 1.05 bits per heavy atom. The topological polar surface area (TPSA) is 119 Å². The summed E-state index contributed by atoms with van der Waals surface area (Å²) in [5.74, 6) is -1.13. The molecule has 1 aliphatic rings. The summed E-state index contributed by atoms with van der Waals surface area (Å²) in [5.41, 5.74) is -1.60. The number of carbonyl (C=O) groups is 1. The minimum absolute atomic E-state index is 0.0137. The van der Waals surface area contributed by atoms with E-state index in [0.717, 1.165) is 38.2 Å². The highest BCUT2D eigenvalue weighted by atomic mass is 35.5. The van der Waals surface area contributed by atoms with Crippen molar-refractivity contribution in [2.45, 2.75) is 43.5 Å². The summed E-state index contributed by atoms with van der Waals surface area (Å²) < 4.78 is 103. The number of anilines is 1. The van der Waals surface area contributed by atoms with Gasteiger partial charge in [0.2, 0.25) is 5.75 Å². The number of halogens is 4. The summed E-state index contributed by atoms with van der Waals surface area (Å²) in [5, 5.41) is 0.111. The molecule has 0 spiro atoms. The lowest BCUT2D eigenvalue weighted by atomic mass is 10.1. The van der Waals surface area contributed by atoms with E-state index in [-0.39, 0.29) is 45.9 Å². The number of methoxy groups -OCH3 is 2. The van der Waals surface area contributed by atoms with Crippen LogP contribution in [-0.2, 0) is 25.7 Å². The van der Waals surface area contributed by atoms with Gasteiger partial charge in [-0.3, -0.25) is 4.72 Å². The van der Waals surface area contributed by atoms with Crippen molar-refractivity contribution in [1.29, 1.82) is 0 Å². The largest absolute Gasteiger partial charge is 0.497 e. The Morgan fingerprint density at radius 2 is 1.77 bits per heavy atom. The van der Waals surface area contributed by atoms with Crippen LogP contribution < -0.4 is 23.7 Å². The third-order valence-corrected chi connectivity index (χ3v) is 8.05. The Kier molecular flexibility index (Phi) is 10.4. The highest BCUT2D eigenvalue weighted by Gasteiger charge is 2.33. The molecule has 1 N–H and O–H groups in total. The number of rotatable bonds is 11. The fraction of sp³-hybridized carbons (Fsp3) is 0.345. The number of benzene rings is 3. The van der Waals surface area contributed by atoms with E-state index in [1.54, 1.807) is 13.0 Å². The van der Waals surface area contributed by atoms with Gasteiger partial charge in [0.05, 0.1) is 48.6 Å². The molecular weight excluding hydrogens is 631 g/mol. The Bertz CT molecular complexity index is 1590. The molecule has 0 amide bonds. The summed E-state index contributed by atoms with van der Waals surface area (Å²) in [6.07, 6.45) is -3.35. The van der Waals surface area contributed by atoms with Crippen LogP contribution in [0, 0.1) is 0 Å². The van der Waals surface area contributed by atoms with Crippen molar-refractivity contribution in [1.82, 2.24) is 0 Å². The third kappa shape index (κ3) is 7.60. The van der Waals surface area contributed by atoms with Crippen molar-refractivity contribution >= 4 is 33.3 Å². The maximum Gasteiger partial charge on any atom is 0.416 e. The molecule has 3 aromatic rings. The number of ether oxygens (including phenoxy) is 6. The van der Waals surface area contributed by atoms with Gasteiger partial charge in [-0.1, -0.05) is 11.6 Å². The van der Waals surface area contributed by atoms with Gasteiger partial charge >= 0.3 is 12.1 Å². The fourth-order valence-electron chi connectivity index (χ4n) is 4.22. The molecule has 238 valence electrons. The van der Waals surface area contributed by atoms with Gasteiger partial charge in [-0.05, 0) is 62.2 Å². The summed E-state index contributed by atoms with van der Waals surface area (Å²) >= 11 is 6.39. The highest BCUT2D eigenvalue weighted by molar-refractivity contribution is 7.92. The first kappa shape index (κ1) is 33.0. The molecule has 10 nitrogen and oxygen atoms in total. The van der Waals surface area contributed by atoms with Crippen LogP contribution in [0.5, 0.6) is 28.7 Å². The lowest BCUT2D eigenvalue weighted by Gasteiger charge is -2.27. The zero-order valence-corrected chi connectivity index (χ0v) is 25.4. The Labute approximate surface area is 257 Å². The molecule has 0 radical (unpaired) electrons. The number of nitrogens with one attached hydrogen (secondary N) is 1. The molecule has 3 aromatic carbocycles. The van der Waals surface area contributed by atoms with Crippen LogP contribution in [0.1, 0.15) is 42.1 Å². The summed E-state index contributed by atoms with van der Waals surface area (Å²) in [6, 6.07) is 8.47. The quantitative estimate of drug-likeness (QED) is 0.216. The number of esters is 1. The number of hydrogen-bond acceptors (Lipinski definition) is 9. The number of sulfonamides is 1. The van der Waals surface area contributed by atoms with Gasteiger partial charge < -0.3 is 28.4 Å². The van der Waals surface area contributed by atoms with E-state index >= 15 is 0 Å². The SMILES string of the molecule is CCOc1c(Oc2cc(OC)ccc2Cl)c(NS(=O)(=O)c2ccc(C(F)(F)F)cc2)cc(C(=O)OC)c1OC1CCCCO1. The predicted molar refractivity (Wildman–Crippen MR) is 153 cm³/mol. The Balaban J connectivity index is 1.92. The molecule has 1 aliphatic heterocycles. The van der Waals surface area contributed by atoms with Gasteiger partial charge in [0, 0.05) is 12.5 Å². The van der Waals surface area contributed by atoms with Crippen LogP contribution in [0.4, 0.5) is 18.9 Å². The molecule has 1 heterocycles. The Morgan fingerprint density at radius 3 is 2.36 bits per heavy atom. The van der Waals surface area contributed by atoms with Crippen LogP contribution in [0.25, 0.3) is 0 Å². The van der Waals surface area contributed by atoms with Gasteiger partial charge in [-0.25, -0.2) is 13.2 Å². The van der Waals surface area contributed by atoms with E-state index in [0.29, 0.717) is 30.9 Å². The van der Waals surface area contributed by atoms with Crippen molar-refractivity contribution in [3.8, 4) is 28.7 Å². The highest BCUT2D eigenvalue weighted by Crippen LogP contribution is 2.50. The van der Waals surface area contributed by atoms with Crippen LogP contribution in [0.3, 0.4) is 0 Å². The third-order valence-electron chi connectivity index (χ3n) is 6.36. The standard InChI is InChI=1S/C29H29ClF3NO9S/c1-4-40-27-25(43-24-7-5-6-14-41-24)20(28(35)39-3)16-22(26(27)42-23-15-18(38-2)10-13-21(23)30)34-44(36,37)19-11-8-17(9-12-19)29(31,32)33/h8-13,15-16,24,34H,4-7,14H2,1-3H3. The lowest BCUT2D eigenvalue weighted by Crippen LogP contribution is -2.26. The van der Waals surface area contributed by atoms with E-state index in [2.05, 4.69) is 4.72 Å². The normalized spacial score (nSPS) is 15.3. The lowest BCUT2D eigenvalue weighted by molar-refractivity contribution is -0.137. The molecule has 0 saturated carbocycles. The molecule has 15 heteroatoms. The maximum atomic E-state index is 13.5. The molecule has 44 heavy (non-hydrogen) atoms. The second-order valence-electron chi connectivity index (χ2n) is 9.32. The summed E-state index contributed by atoms with van der Waals surface area (Å²) in [6.45, 7) is 2.07. The average Bonchev–Trinajstić information content (AvgIpc) is 3.00. The average molecular weight is 660 g/mol.